The Morgan fingerprint density at radius 2 is 1.79 bits per heavy atom. The number of hydrogen-bond acceptors (Lipinski definition) is 6. The van der Waals surface area contributed by atoms with Gasteiger partial charge in [-0.05, 0) is 49.9 Å². The third-order valence-electron chi connectivity index (χ3n) is 5.83. The summed E-state index contributed by atoms with van der Waals surface area (Å²) in [5.41, 5.74) is 1.69. The van der Waals surface area contributed by atoms with Gasteiger partial charge >= 0.3 is 0 Å². The number of para-hydroxylation sites is 1. The van der Waals surface area contributed by atoms with Crippen LogP contribution in [0, 0.1) is 0 Å². The highest BCUT2D eigenvalue weighted by molar-refractivity contribution is 8.00. The molecule has 1 aliphatic rings. The zero-order valence-corrected chi connectivity index (χ0v) is 20.6. The number of carbonyl (C=O) groups excluding carboxylic acids is 1. The first-order valence-corrected chi connectivity index (χ1v) is 12.3. The first-order chi connectivity index (χ1) is 16.0. The van der Waals surface area contributed by atoms with Crippen molar-refractivity contribution in [1.82, 2.24) is 24.6 Å². The maximum atomic E-state index is 13.2. The molecule has 1 saturated heterocycles. The molecular weight excluding hydrogens is 458 g/mol. The van der Waals surface area contributed by atoms with E-state index in [4.69, 9.17) is 16.3 Å². The van der Waals surface area contributed by atoms with Gasteiger partial charge in [0.05, 0.1) is 17.9 Å². The molecule has 33 heavy (non-hydrogen) atoms. The molecule has 1 fully saturated rings. The Kier molecular flexibility index (Phi) is 7.57. The average molecular weight is 486 g/mol. The first-order valence-electron chi connectivity index (χ1n) is 11.0. The minimum Gasteiger partial charge on any atom is -0.496 e. The molecule has 7 nitrogen and oxygen atoms in total. The summed E-state index contributed by atoms with van der Waals surface area (Å²) in [7, 11) is 1.64. The lowest BCUT2D eigenvalue weighted by atomic mass is 10.2. The molecule has 1 unspecified atom stereocenters. The summed E-state index contributed by atoms with van der Waals surface area (Å²) in [5.74, 6) is 1.48. The van der Waals surface area contributed by atoms with Crippen molar-refractivity contribution in [2.45, 2.75) is 24.3 Å². The molecule has 0 N–H and O–H groups in total. The number of piperazine rings is 1. The van der Waals surface area contributed by atoms with Crippen molar-refractivity contribution in [3.8, 4) is 22.8 Å². The fraction of sp³-hybridized carbons (Fsp3) is 0.375. The van der Waals surface area contributed by atoms with Crippen molar-refractivity contribution in [1.29, 1.82) is 0 Å². The lowest BCUT2D eigenvalue weighted by Gasteiger charge is -2.35. The van der Waals surface area contributed by atoms with Crippen LogP contribution in [0.5, 0.6) is 5.75 Å². The van der Waals surface area contributed by atoms with E-state index in [2.05, 4.69) is 22.0 Å². The van der Waals surface area contributed by atoms with Crippen LogP contribution in [-0.2, 0) is 4.79 Å². The average Bonchev–Trinajstić information content (AvgIpc) is 3.27. The van der Waals surface area contributed by atoms with E-state index in [9.17, 15) is 4.79 Å². The number of benzene rings is 2. The summed E-state index contributed by atoms with van der Waals surface area (Å²) in [4.78, 5) is 17.5. The molecule has 0 radical (unpaired) electrons. The van der Waals surface area contributed by atoms with Gasteiger partial charge in [0.15, 0.2) is 11.0 Å². The van der Waals surface area contributed by atoms with Crippen LogP contribution < -0.4 is 4.74 Å². The van der Waals surface area contributed by atoms with Gasteiger partial charge in [-0.3, -0.25) is 9.36 Å². The zero-order valence-electron chi connectivity index (χ0n) is 19.1. The fourth-order valence-corrected chi connectivity index (χ4v) is 5.00. The van der Waals surface area contributed by atoms with Crippen molar-refractivity contribution < 1.29 is 9.53 Å². The monoisotopic (exact) mass is 485 g/mol. The van der Waals surface area contributed by atoms with Gasteiger partial charge in [-0.15, -0.1) is 10.2 Å². The molecule has 1 amide bonds. The molecule has 174 valence electrons. The lowest BCUT2D eigenvalue weighted by molar-refractivity contribution is -0.132. The van der Waals surface area contributed by atoms with E-state index in [0.29, 0.717) is 21.8 Å². The Hall–Kier alpha value is -2.55. The number of hydrogen-bond donors (Lipinski definition) is 0. The van der Waals surface area contributed by atoms with E-state index in [1.54, 1.807) is 7.11 Å². The Morgan fingerprint density at radius 3 is 2.45 bits per heavy atom. The highest BCUT2D eigenvalue weighted by Crippen LogP contribution is 2.35. The van der Waals surface area contributed by atoms with Gasteiger partial charge in [0.25, 0.3) is 0 Å². The molecule has 4 rings (SSSR count). The molecule has 1 atom stereocenters. The molecule has 1 aliphatic heterocycles. The van der Waals surface area contributed by atoms with Crippen LogP contribution in [0.15, 0.2) is 53.7 Å². The number of carbonyl (C=O) groups is 1. The number of aromatic nitrogens is 3. The smallest absolute Gasteiger partial charge is 0.235 e. The van der Waals surface area contributed by atoms with Crippen LogP contribution >= 0.6 is 23.4 Å². The second kappa shape index (κ2) is 10.6. The maximum Gasteiger partial charge on any atom is 0.235 e. The Labute approximate surface area is 203 Å². The van der Waals surface area contributed by atoms with Gasteiger partial charge in [-0.1, -0.05) is 42.4 Å². The van der Waals surface area contributed by atoms with Gasteiger partial charge in [-0.2, -0.15) is 0 Å². The quantitative estimate of drug-likeness (QED) is 0.466. The van der Waals surface area contributed by atoms with Gasteiger partial charge in [-0.25, -0.2) is 0 Å². The highest BCUT2D eigenvalue weighted by atomic mass is 35.5. The third kappa shape index (κ3) is 5.18. The predicted molar refractivity (Wildman–Crippen MR) is 132 cm³/mol. The van der Waals surface area contributed by atoms with Gasteiger partial charge in [0.2, 0.25) is 5.91 Å². The Bertz CT molecular complexity index is 1100. The van der Waals surface area contributed by atoms with Crippen LogP contribution in [0.4, 0.5) is 0 Å². The van der Waals surface area contributed by atoms with E-state index in [0.717, 1.165) is 44.0 Å². The number of rotatable bonds is 7. The minimum atomic E-state index is -0.293. The number of methoxy groups -OCH3 is 1. The van der Waals surface area contributed by atoms with Gasteiger partial charge in [0, 0.05) is 36.9 Å². The Balaban J connectivity index is 1.65. The lowest BCUT2D eigenvalue weighted by Crippen LogP contribution is -2.50. The van der Waals surface area contributed by atoms with Crippen LogP contribution in [0.1, 0.15) is 13.8 Å². The van der Waals surface area contributed by atoms with Crippen LogP contribution in [0.25, 0.3) is 17.1 Å². The molecule has 0 saturated carbocycles. The number of likely N-dealkylation sites (N-methyl/N-ethyl adjacent to an activating group) is 1. The molecule has 2 aromatic carbocycles. The molecule has 0 aliphatic carbocycles. The first kappa shape index (κ1) is 23.6. The summed E-state index contributed by atoms with van der Waals surface area (Å²) in [5, 5.41) is 9.96. The summed E-state index contributed by atoms with van der Waals surface area (Å²) in [6.45, 7) is 8.45. The standard InChI is InChI=1S/C24H28ClN5O2S/c1-4-28-13-15-29(16-14-28)23(31)17(2)33-24-27-26-22(20-7-5-6-8-21(20)32-3)30(24)19-11-9-18(25)10-12-19/h5-12,17H,4,13-16H2,1-3H3. The predicted octanol–water partition coefficient (Wildman–Crippen LogP) is 4.24. The fourth-order valence-electron chi connectivity index (χ4n) is 3.92. The number of nitrogens with zero attached hydrogens (tertiary/aromatic N) is 5. The van der Waals surface area contributed by atoms with E-state index in [1.165, 1.54) is 11.8 Å². The summed E-state index contributed by atoms with van der Waals surface area (Å²) in [6, 6.07) is 15.2. The van der Waals surface area contributed by atoms with E-state index >= 15 is 0 Å². The SMILES string of the molecule is CCN1CCN(C(=O)C(C)Sc2nnc(-c3ccccc3OC)n2-c2ccc(Cl)cc2)CC1. The van der Waals surface area contributed by atoms with Crippen molar-refractivity contribution >= 4 is 29.3 Å². The van der Waals surface area contributed by atoms with E-state index in [1.807, 2.05) is 64.9 Å². The molecule has 3 aromatic rings. The largest absolute Gasteiger partial charge is 0.496 e. The minimum absolute atomic E-state index is 0.125. The molecule has 2 heterocycles. The van der Waals surface area contributed by atoms with Crippen molar-refractivity contribution in [2.24, 2.45) is 0 Å². The van der Waals surface area contributed by atoms with E-state index in [-0.39, 0.29) is 11.2 Å². The number of thioether (sulfide) groups is 1. The number of halogens is 1. The highest BCUT2D eigenvalue weighted by Gasteiger charge is 2.28. The van der Waals surface area contributed by atoms with Crippen molar-refractivity contribution in [3.63, 3.8) is 0 Å². The van der Waals surface area contributed by atoms with Crippen LogP contribution in [0.2, 0.25) is 5.02 Å². The molecule has 9 heteroatoms. The Morgan fingerprint density at radius 1 is 1.09 bits per heavy atom. The zero-order chi connectivity index (χ0) is 23.4. The third-order valence-corrected chi connectivity index (χ3v) is 7.11. The normalized spacial score (nSPS) is 15.5. The summed E-state index contributed by atoms with van der Waals surface area (Å²) >= 11 is 7.55. The van der Waals surface area contributed by atoms with Gasteiger partial charge in [0.1, 0.15) is 5.75 Å². The number of ether oxygens (including phenoxy) is 1. The van der Waals surface area contributed by atoms with Crippen LogP contribution in [-0.4, -0.2) is 75.6 Å². The van der Waals surface area contributed by atoms with Crippen molar-refractivity contribution in [3.05, 3.63) is 53.6 Å². The van der Waals surface area contributed by atoms with Crippen molar-refractivity contribution in [2.75, 3.05) is 39.8 Å². The topological polar surface area (TPSA) is 63.5 Å². The second-order valence-electron chi connectivity index (χ2n) is 7.84. The van der Waals surface area contributed by atoms with E-state index < -0.39 is 0 Å². The molecular formula is C24H28ClN5O2S. The van der Waals surface area contributed by atoms with Crippen LogP contribution in [0.3, 0.4) is 0 Å². The maximum absolute atomic E-state index is 13.2. The molecule has 0 bridgehead atoms. The summed E-state index contributed by atoms with van der Waals surface area (Å²) < 4.78 is 7.52. The molecule has 0 spiro atoms. The molecule has 1 aromatic heterocycles. The second-order valence-corrected chi connectivity index (χ2v) is 9.58. The number of amides is 1. The summed E-state index contributed by atoms with van der Waals surface area (Å²) in [6.07, 6.45) is 0. The van der Waals surface area contributed by atoms with Gasteiger partial charge < -0.3 is 14.5 Å².